The Morgan fingerprint density at radius 2 is 1.94 bits per heavy atom. The first-order chi connectivity index (χ1) is 7.50. The van der Waals surface area contributed by atoms with Crippen LogP contribution in [0.1, 0.15) is 25.3 Å². The van der Waals surface area contributed by atoms with Crippen LogP contribution in [0.2, 0.25) is 0 Å². The molecule has 0 saturated carbocycles. The molecular weight excluding hydrogens is 206 g/mol. The van der Waals surface area contributed by atoms with E-state index in [1.807, 2.05) is 0 Å². The van der Waals surface area contributed by atoms with Crippen LogP contribution in [-0.2, 0) is 10.2 Å². The van der Waals surface area contributed by atoms with Crippen molar-refractivity contribution >= 4 is 5.97 Å². The number of carboxylic acid groups (broad SMARTS) is 1. The molecule has 4 N–H and O–H groups in total. The summed E-state index contributed by atoms with van der Waals surface area (Å²) >= 11 is 0. The molecule has 0 fully saturated rings. The number of carbonyl (C=O) groups is 1. The van der Waals surface area contributed by atoms with Crippen LogP contribution in [0.4, 0.5) is 0 Å². The van der Waals surface area contributed by atoms with Gasteiger partial charge in [-0.05, 0) is 44.0 Å². The number of phenolic OH excluding ortho intramolecular Hbond substituents is 1. The van der Waals surface area contributed by atoms with E-state index >= 15 is 0 Å². The zero-order chi connectivity index (χ0) is 12.2. The van der Waals surface area contributed by atoms with Gasteiger partial charge >= 0.3 is 5.97 Å². The fourth-order valence-electron chi connectivity index (χ4n) is 1.66. The Bertz CT molecular complexity index is 361. The number of nitrogens with two attached hydrogens (primary N) is 1. The zero-order valence-electron chi connectivity index (χ0n) is 9.31. The average molecular weight is 223 g/mol. The van der Waals surface area contributed by atoms with Gasteiger partial charge in [0.1, 0.15) is 5.75 Å². The molecule has 4 heteroatoms. The van der Waals surface area contributed by atoms with E-state index in [1.54, 1.807) is 19.1 Å². The second-order valence-corrected chi connectivity index (χ2v) is 4.08. The van der Waals surface area contributed by atoms with Crippen LogP contribution in [-0.4, -0.2) is 22.7 Å². The van der Waals surface area contributed by atoms with Crippen molar-refractivity contribution in [2.75, 3.05) is 6.54 Å². The number of hydrogen-bond acceptors (Lipinski definition) is 3. The second-order valence-electron chi connectivity index (χ2n) is 4.08. The molecule has 0 saturated heterocycles. The molecule has 0 bridgehead atoms. The van der Waals surface area contributed by atoms with Gasteiger partial charge in [-0.2, -0.15) is 0 Å². The van der Waals surface area contributed by atoms with Crippen LogP contribution < -0.4 is 5.73 Å². The molecule has 0 aliphatic heterocycles. The third-order valence-electron chi connectivity index (χ3n) is 2.86. The molecule has 1 aromatic carbocycles. The standard InChI is InChI=1S/C12H17NO3/c1-12(11(15)16,7-2-8-13)9-3-5-10(14)6-4-9/h3-6,14H,2,7-8,13H2,1H3,(H,15,16). The summed E-state index contributed by atoms with van der Waals surface area (Å²) in [5.41, 5.74) is 5.15. The first-order valence-electron chi connectivity index (χ1n) is 5.23. The Kier molecular flexibility index (Phi) is 3.90. The molecule has 0 radical (unpaired) electrons. The van der Waals surface area contributed by atoms with Gasteiger partial charge in [0.25, 0.3) is 0 Å². The number of aromatic hydroxyl groups is 1. The lowest BCUT2D eigenvalue weighted by Gasteiger charge is -2.25. The van der Waals surface area contributed by atoms with E-state index in [0.717, 1.165) is 0 Å². The van der Waals surface area contributed by atoms with Gasteiger partial charge in [-0.25, -0.2) is 0 Å². The van der Waals surface area contributed by atoms with Crippen molar-refractivity contribution in [3.8, 4) is 5.75 Å². The molecule has 0 heterocycles. The predicted molar refractivity (Wildman–Crippen MR) is 61.4 cm³/mol. The molecule has 1 unspecified atom stereocenters. The van der Waals surface area contributed by atoms with E-state index < -0.39 is 11.4 Å². The van der Waals surface area contributed by atoms with Crippen LogP contribution in [0.15, 0.2) is 24.3 Å². The van der Waals surface area contributed by atoms with Crippen molar-refractivity contribution in [3.05, 3.63) is 29.8 Å². The maximum atomic E-state index is 11.3. The molecule has 1 rings (SSSR count). The second kappa shape index (κ2) is 4.99. The molecule has 4 nitrogen and oxygen atoms in total. The fraction of sp³-hybridized carbons (Fsp3) is 0.417. The first-order valence-corrected chi connectivity index (χ1v) is 5.23. The van der Waals surface area contributed by atoms with Crippen LogP contribution in [0.25, 0.3) is 0 Å². The lowest BCUT2D eigenvalue weighted by molar-refractivity contribution is -0.143. The number of phenols is 1. The Morgan fingerprint density at radius 1 is 1.38 bits per heavy atom. The minimum absolute atomic E-state index is 0.135. The average Bonchev–Trinajstić information content (AvgIpc) is 2.26. The van der Waals surface area contributed by atoms with Crippen molar-refractivity contribution in [2.24, 2.45) is 5.73 Å². The van der Waals surface area contributed by atoms with Gasteiger partial charge in [0.05, 0.1) is 5.41 Å². The third-order valence-corrected chi connectivity index (χ3v) is 2.86. The maximum Gasteiger partial charge on any atom is 0.313 e. The highest BCUT2D eigenvalue weighted by molar-refractivity contribution is 5.80. The quantitative estimate of drug-likeness (QED) is 0.705. The number of rotatable bonds is 5. The number of hydrogen-bond donors (Lipinski definition) is 3. The predicted octanol–water partition coefficient (Wildman–Crippen LogP) is 1.47. The Hall–Kier alpha value is -1.55. The highest BCUT2D eigenvalue weighted by Gasteiger charge is 2.34. The summed E-state index contributed by atoms with van der Waals surface area (Å²) < 4.78 is 0. The van der Waals surface area contributed by atoms with Gasteiger partial charge in [0, 0.05) is 0 Å². The summed E-state index contributed by atoms with van der Waals surface area (Å²) in [5, 5.41) is 18.4. The third kappa shape index (κ3) is 2.52. The van der Waals surface area contributed by atoms with Gasteiger partial charge in [-0.15, -0.1) is 0 Å². The topological polar surface area (TPSA) is 83.6 Å². The van der Waals surface area contributed by atoms with E-state index in [0.29, 0.717) is 24.9 Å². The number of aliphatic carboxylic acids is 1. The normalized spacial score (nSPS) is 14.4. The Balaban J connectivity index is 3.01. The summed E-state index contributed by atoms with van der Waals surface area (Å²) in [6.07, 6.45) is 1.15. The molecule has 88 valence electrons. The zero-order valence-corrected chi connectivity index (χ0v) is 9.31. The monoisotopic (exact) mass is 223 g/mol. The van der Waals surface area contributed by atoms with Crippen molar-refractivity contribution < 1.29 is 15.0 Å². The van der Waals surface area contributed by atoms with Crippen molar-refractivity contribution in [1.82, 2.24) is 0 Å². The summed E-state index contributed by atoms with van der Waals surface area (Å²) in [7, 11) is 0. The molecule has 0 aliphatic rings. The van der Waals surface area contributed by atoms with Gasteiger partial charge in [0.15, 0.2) is 0 Å². The fourth-order valence-corrected chi connectivity index (χ4v) is 1.66. The molecule has 1 atom stereocenters. The largest absolute Gasteiger partial charge is 0.508 e. The van der Waals surface area contributed by atoms with Gasteiger partial charge < -0.3 is 15.9 Å². The smallest absolute Gasteiger partial charge is 0.313 e. The van der Waals surface area contributed by atoms with Crippen LogP contribution >= 0.6 is 0 Å². The van der Waals surface area contributed by atoms with E-state index in [-0.39, 0.29) is 5.75 Å². The molecule has 1 aromatic rings. The summed E-state index contributed by atoms with van der Waals surface area (Å²) in [6, 6.07) is 6.28. The highest BCUT2D eigenvalue weighted by Crippen LogP contribution is 2.30. The minimum atomic E-state index is -0.937. The van der Waals surface area contributed by atoms with Crippen LogP contribution in [0.3, 0.4) is 0 Å². The van der Waals surface area contributed by atoms with Crippen LogP contribution in [0.5, 0.6) is 5.75 Å². The lowest BCUT2D eigenvalue weighted by atomic mass is 9.78. The molecule has 0 aromatic heterocycles. The van der Waals surface area contributed by atoms with Gasteiger partial charge in [-0.3, -0.25) is 4.79 Å². The molecular formula is C12H17NO3. The maximum absolute atomic E-state index is 11.3. The van der Waals surface area contributed by atoms with Crippen molar-refractivity contribution in [2.45, 2.75) is 25.2 Å². The Labute approximate surface area is 94.7 Å². The summed E-state index contributed by atoms with van der Waals surface area (Å²) in [5.74, 6) is -0.734. The van der Waals surface area contributed by atoms with Gasteiger partial charge in [-0.1, -0.05) is 12.1 Å². The molecule has 0 aliphatic carbocycles. The van der Waals surface area contributed by atoms with Gasteiger partial charge in [0.2, 0.25) is 0 Å². The van der Waals surface area contributed by atoms with Crippen molar-refractivity contribution in [3.63, 3.8) is 0 Å². The molecule has 0 amide bonds. The van der Waals surface area contributed by atoms with E-state index in [9.17, 15) is 9.90 Å². The SMILES string of the molecule is CC(CCCN)(C(=O)O)c1ccc(O)cc1. The van der Waals surface area contributed by atoms with Crippen LogP contribution in [0, 0.1) is 0 Å². The highest BCUT2D eigenvalue weighted by atomic mass is 16.4. The lowest BCUT2D eigenvalue weighted by Crippen LogP contribution is -2.33. The molecule has 16 heavy (non-hydrogen) atoms. The Morgan fingerprint density at radius 3 is 2.38 bits per heavy atom. The first kappa shape index (κ1) is 12.5. The molecule has 0 spiro atoms. The number of benzene rings is 1. The summed E-state index contributed by atoms with van der Waals surface area (Å²) in [4.78, 5) is 11.3. The van der Waals surface area contributed by atoms with E-state index in [4.69, 9.17) is 10.8 Å². The van der Waals surface area contributed by atoms with Crippen molar-refractivity contribution in [1.29, 1.82) is 0 Å². The number of carboxylic acids is 1. The minimum Gasteiger partial charge on any atom is -0.508 e. The van der Waals surface area contributed by atoms with E-state index in [2.05, 4.69) is 0 Å². The summed E-state index contributed by atoms with van der Waals surface area (Å²) in [6.45, 7) is 2.15. The van der Waals surface area contributed by atoms with E-state index in [1.165, 1.54) is 12.1 Å².